The van der Waals surface area contributed by atoms with Crippen LogP contribution in [0.4, 0.5) is 0 Å². The molecular weight excluding hydrogens is 248 g/mol. The van der Waals surface area contributed by atoms with Crippen LogP contribution in [0.2, 0.25) is 0 Å². The van der Waals surface area contributed by atoms with Gasteiger partial charge < -0.3 is 5.32 Å². The first-order chi connectivity index (χ1) is 9.92. The molecule has 0 radical (unpaired) electrons. The molecule has 3 atom stereocenters. The van der Waals surface area contributed by atoms with Gasteiger partial charge in [0.25, 0.3) is 5.91 Å². The van der Waals surface area contributed by atoms with Gasteiger partial charge in [0, 0.05) is 15.8 Å². The van der Waals surface area contributed by atoms with Gasteiger partial charge in [-0.3, -0.25) is 29.3 Å². The molecule has 0 spiro atoms. The monoisotopic (exact) mass is 272 g/mol. The molecule has 7 nitrogen and oxygen atoms in total. The lowest BCUT2D eigenvalue weighted by atomic mass is 10.2. The van der Waals surface area contributed by atoms with Gasteiger partial charge in [-0.25, -0.2) is 0 Å². The summed E-state index contributed by atoms with van der Waals surface area (Å²) in [5, 5.41) is 4.90. The first kappa shape index (κ1) is 11.2. The summed E-state index contributed by atoms with van der Waals surface area (Å²) in [5.41, 5.74) is 0. The van der Waals surface area contributed by atoms with E-state index in [0.717, 1.165) is 5.01 Å². The Labute approximate surface area is 115 Å². The predicted octanol–water partition coefficient (Wildman–Crippen LogP) is -1.20. The first-order valence-electron chi connectivity index (χ1n) is 7.42. The Morgan fingerprint density at radius 1 is 1.37 bits per heavy atom. The van der Waals surface area contributed by atoms with Crippen LogP contribution in [0.1, 0.15) is 22.0 Å². The summed E-state index contributed by atoms with van der Waals surface area (Å²) in [6, 6.07) is -0.384. The highest BCUT2D eigenvalue weighted by atomic mass is 16.2. The van der Waals surface area contributed by atoms with Gasteiger partial charge in [-0.15, -0.1) is 0 Å². The number of amides is 3. The van der Waals surface area contributed by atoms with E-state index in [1.165, 1.54) is 5.01 Å². The minimum absolute atomic E-state index is 0.158. The normalized spacial score (nSPS) is 33.0. The van der Waals surface area contributed by atoms with Crippen LogP contribution in [0.15, 0.2) is 0 Å². The van der Waals surface area contributed by atoms with E-state index in [1.807, 2.05) is 0 Å². The largest absolute Gasteiger partial charge is 0.346 e. The number of rotatable bonds is 4. The Hall–Kier alpha value is -1.63. The van der Waals surface area contributed by atoms with Crippen molar-refractivity contribution in [2.45, 2.75) is 25.3 Å². The van der Waals surface area contributed by atoms with E-state index in [1.54, 1.807) is 11.9 Å². The zero-order valence-electron chi connectivity index (χ0n) is 12.9. The third kappa shape index (κ3) is 3.04. The molecule has 0 bridgehead atoms. The lowest BCUT2D eigenvalue weighted by Crippen LogP contribution is -2.48. The second-order valence-electron chi connectivity index (χ2n) is 4.69. The van der Waals surface area contributed by atoms with E-state index in [2.05, 4.69) is 5.32 Å². The fraction of sp³-hybridized carbons (Fsp3) is 0.750. The number of carbonyl (C=O) groups excluding carboxylic acids is 3. The highest BCUT2D eigenvalue weighted by Gasteiger charge is 2.29. The molecule has 0 saturated carbocycles. The van der Waals surface area contributed by atoms with Crippen LogP contribution >= 0.6 is 0 Å². The van der Waals surface area contributed by atoms with E-state index in [-0.39, 0.29) is 38.0 Å². The standard InChI is InChI=1S/C12H20N4O3/c1-14-5-2-4-10(14)12(19)13-8-11(18)16-7-3-6-15(16)9-17/h9-10H,2-8H2,1H3,(H,13,19)/i2T,3T. The molecule has 2 heterocycles. The molecule has 0 aliphatic carbocycles. The number of carbonyl (C=O) groups is 3. The zero-order chi connectivity index (χ0) is 15.6. The number of likely N-dealkylation sites (N-methyl/N-ethyl adjacent to an activating group) is 1. The summed E-state index contributed by atoms with van der Waals surface area (Å²) in [6.45, 7) is 0.682. The highest BCUT2D eigenvalue weighted by molar-refractivity contribution is 5.87. The number of likely N-dealkylation sites (tertiary alicyclic amines) is 1. The fourth-order valence-electron chi connectivity index (χ4n) is 2.28. The van der Waals surface area contributed by atoms with E-state index >= 15 is 0 Å². The number of hydrogen-bond acceptors (Lipinski definition) is 4. The highest BCUT2D eigenvalue weighted by Crippen LogP contribution is 2.14. The van der Waals surface area contributed by atoms with Crippen molar-refractivity contribution in [3.05, 3.63) is 0 Å². The molecule has 0 aromatic heterocycles. The van der Waals surface area contributed by atoms with Crippen LogP contribution in [0, 0.1) is 0 Å². The maximum atomic E-state index is 12.0. The molecule has 19 heavy (non-hydrogen) atoms. The Morgan fingerprint density at radius 3 is 2.79 bits per heavy atom. The van der Waals surface area contributed by atoms with Crippen molar-refractivity contribution >= 4 is 18.2 Å². The molecule has 3 unspecified atom stereocenters. The number of nitrogens with zero attached hydrogens (tertiary/aromatic N) is 3. The lowest BCUT2D eigenvalue weighted by Gasteiger charge is -2.24. The van der Waals surface area contributed by atoms with E-state index in [0.29, 0.717) is 19.4 Å². The van der Waals surface area contributed by atoms with Crippen molar-refractivity contribution in [1.29, 1.82) is 0 Å². The summed E-state index contributed by atoms with van der Waals surface area (Å²) < 4.78 is 15.2. The number of nitrogens with one attached hydrogen (secondary N) is 1. The second kappa shape index (κ2) is 6.01. The van der Waals surface area contributed by atoms with Crippen molar-refractivity contribution in [3.63, 3.8) is 0 Å². The molecule has 7 heteroatoms. The molecule has 2 saturated heterocycles. The van der Waals surface area contributed by atoms with Crippen LogP contribution in [0.5, 0.6) is 0 Å². The quantitative estimate of drug-likeness (QED) is 0.653. The van der Waals surface area contributed by atoms with Gasteiger partial charge in [0.05, 0.1) is 12.6 Å². The van der Waals surface area contributed by atoms with Gasteiger partial charge in [0.2, 0.25) is 12.3 Å². The third-order valence-electron chi connectivity index (χ3n) is 3.39. The third-order valence-corrected chi connectivity index (χ3v) is 3.39. The molecule has 2 fully saturated rings. The fourth-order valence-corrected chi connectivity index (χ4v) is 2.28. The van der Waals surface area contributed by atoms with E-state index < -0.39 is 12.3 Å². The summed E-state index contributed by atoms with van der Waals surface area (Å²) in [6.07, 6.45) is 0.175. The minimum Gasteiger partial charge on any atom is -0.346 e. The average Bonchev–Trinajstić information content (AvgIpc) is 2.97. The molecule has 0 aromatic carbocycles. The van der Waals surface area contributed by atoms with Gasteiger partial charge in [-0.2, -0.15) is 0 Å². The SMILES string of the molecule is [3H]C1CC(C(=O)NCC(=O)N2CC([3H])CN2C=O)N(C)C1. The summed E-state index contributed by atoms with van der Waals surface area (Å²) in [5.74, 6) is -0.687. The van der Waals surface area contributed by atoms with Crippen molar-refractivity contribution in [2.75, 3.05) is 33.2 Å². The summed E-state index contributed by atoms with van der Waals surface area (Å²) in [4.78, 5) is 36.6. The lowest BCUT2D eigenvalue weighted by molar-refractivity contribution is -0.150. The smallest absolute Gasteiger partial charge is 0.260 e. The Balaban J connectivity index is 1.84. The van der Waals surface area contributed by atoms with Crippen LogP contribution < -0.4 is 5.32 Å². The van der Waals surface area contributed by atoms with Gasteiger partial charge in [-0.05, 0) is 32.8 Å². The molecule has 1 N–H and O–H groups in total. The number of hydrogen-bond donors (Lipinski definition) is 1. The van der Waals surface area contributed by atoms with Crippen molar-refractivity contribution < 1.29 is 17.1 Å². The van der Waals surface area contributed by atoms with E-state index in [9.17, 15) is 14.4 Å². The molecule has 3 amide bonds. The van der Waals surface area contributed by atoms with Crippen LogP contribution in [-0.2, 0) is 14.4 Å². The van der Waals surface area contributed by atoms with Crippen LogP contribution in [0.3, 0.4) is 0 Å². The van der Waals surface area contributed by atoms with Crippen LogP contribution in [0.25, 0.3) is 0 Å². The first-order valence-corrected chi connectivity index (χ1v) is 6.27. The summed E-state index contributed by atoms with van der Waals surface area (Å²) in [7, 11) is 1.78. The minimum atomic E-state index is -0.514. The second-order valence-corrected chi connectivity index (χ2v) is 4.69. The average molecular weight is 272 g/mol. The Kier molecular flexibility index (Phi) is 3.55. The Morgan fingerprint density at radius 2 is 2.16 bits per heavy atom. The predicted molar refractivity (Wildman–Crippen MR) is 67.8 cm³/mol. The molecule has 0 aromatic rings. The van der Waals surface area contributed by atoms with Gasteiger partial charge >= 0.3 is 0 Å². The van der Waals surface area contributed by atoms with Crippen molar-refractivity contribution in [3.8, 4) is 0 Å². The van der Waals surface area contributed by atoms with Crippen molar-refractivity contribution in [1.82, 2.24) is 20.2 Å². The molecular formula is C12H20N4O3. The zero-order valence-corrected chi connectivity index (χ0v) is 10.9. The molecule has 2 aliphatic heterocycles. The maximum Gasteiger partial charge on any atom is 0.260 e. The molecule has 2 rings (SSSR count). The molecule has 2 aliphatic rings. The Bertz CT molecular complexity index is 437. The van der Waals surface area contributed by atoms with Crippen molar-refractivity contribution in [2.24, 2.45) is 0 Å². The van der Waals surface area contributed by atoms with Gasteiger partial charge in [-0.1, -0.05) is 0 Å². The maximum absolute atomic E-state index is 12.0. The molecule has 106 valence electrons. The van der Waals surface area contributed by atoms with Gasteiger partial charge in [0.1, 0.15) is 0 Å². The van der Waals surface area contributed by atoms with E-state index in [4.69, 9.17) is 2.74 Å². The van der Waals surface area contributed by atoms with Gasteiger partial charge in [0.15, 0.2) is 0 Å². The van der Waals surface area contributed by atoms with Crippen LogP contribution in [-0.4, -0.2) is 72.4 Å². The summed E-state index contributed by atoms with van der Waals surface area (Å²) >= 11 is 0. The topological polar surface area (TPSA) is 73.0 Å². The number of hydrazine groups is 1.